The van der Waals surface area contributed by atoms with Crippen LogP contribution in [-0.4, -0.2) is 42.2 Å². The molecule has 1 atom stereocenters. The molecule has 1 saturated heterocycles. The van der Waals surface area contributed by atoms with Gasteiger partial charge in [0.2, 0.25) is 0 Å². The van der Waals surface area contributed by atoms with Gasteiger partial charge in [0, 0.05) is 12.1 Å². The maximum Gasteiger partial charge on any atom is 0.335 e. The second kappa shape index (κ2) is 6.70. The Bertz CT molecular complexity index is 478. The minimum Gasteiger partial charge on any atom is -0.493 e. The molecule has 5 heteroatoms. The fraction of sp³-hybridized carbons (Fsp3) is 0.533. The third-order valence-electron chi connectivity index (χ3n) is 3.76. The number of ether oxygens (including phenoxy) is 1. The van der Waals surface area contributed by atoms with Gasteiger partial charge in [-0.2, -0.15) is 0 Å². The summed E-state index contributed by atoms with van der Waals surface area (Å²) in [7, 11) is 2.11. The molecule has 0 amide bonds. The predicted octanol–water partition coefficient (Wildman–Crippen LogP) is 2.78. The highest BCUT2D eigenvalue weighted by atomic mass is 19.1. The molecule has 1 unspecified atom stereocenters. The standard InChI is InChI=1S/C15H20FNO3/c1-17-6-3-2-4-13(17)5-7-20-14-9-11(15(18)19)8-12(16)10-14/h8-10,13H,2-7H2,1H3,(H,18,19). The summed E-state index contributed by atoms with van der Waals surface area (Å²) in [5, 5.41) is 8.87. The Morgan fingerprint density at radius 2 is 2.25 bits per heavy atom. The van der Waals surface area contributed by atoms with Crippen LogP contribution in [0.3, 0.4) is 0 Å². The minimum atomic E-state index is -1.15. The SMILES string of the molecule is CN1CCCCC1CCOc1cc(F)cc(C(=O)O)c1. The van der Waals surface area contributed by atoms with E-state index in [0.29, 0.717) is 12.6 Å². The van der Waals surface area contributed by atoms with E-state index in [4.69, 9.17) is 9.84 Å². The zero-order chi connectivity index (χ0) is 14.5. The van der Waals surface area contributed by atoms with Gasteiger partial charge in [0.15, 0.2) is 0 Å². The first-order valence-corrected chi connectivity index (χ1v) is 6.93. The Morgan fingerprint density at radius 1 is 1.45 bits per heavy atom. The molecule has 0 aliphatic carbocycles. The van der Waals surface area contributed by atoms with E-state index < -0.39 is 11.8 Å². The van der Waals surface area contributed by atoms with Crippen LogP contribution in [0.1, 0.15) is 36.0 Å². The number of benzene rings is 1. The number of piperidine rings is 1. The molecule has 1 N–H and O–H groups in total. The van der Waals surface area contributed by atoms with E-state index in [1.807, 2.05) is 0 Å². The Kier molecular flexibility index (Phi) is 4.95. The molecule has 110 valence electrons. The summed E-state index contributed by atoms with van der Waals surface area (Å²) in [5.74, 6) is -1.46. The molecule has 2 rings (SSSR count). The second-order valence-electron chi connectivity index (χ2n) is 5.25. The smallest absolute Gasteiger partial charge is 0.335 e. The van der Waals surface area contributed by atoms with E-state index in [2.05, 4.69) is 11.9 Å². The highest BCUT2D eigenvalue weighted by Gasteiger charge is 2.18. The molecule has 1 aromatic carbocycles. The number of carbonyl (C=O) groups is 1. The number of carboxylic acid groups (broad SMARTS) is 1. The molecule has 0 aromatic heterocycles. The third kappa shape index (κ3) is 3.93. The van der Waals surface area contributed by atoms with Crippen LogP contribution in [0.5, 0.6) is 5.75 Å². The number of nitrogens with zero attached hydrogens (tertiary/aromatic N) is 1. The third-order valence-corrected chi connectivity index (χ3v) is 3.76. The number of likely N-dealkylation sites (tertiary alicyclic amines) is 1. The zero-order valence-electron chi connectivity index (χ0n) is 11.6. The summed E-state index contributed by atoms with van der Waals surface area (Å²) < 4.78 is 18.8. The average molecular weight is 281 g/mol. The fourth-order valence-corrected chi connectivity index (χ4v) is 2.59. The first-order valence-electron chi connectivity index (χ1n) is 6.93. The maximum absolute atomic E-state index is 13.3. The summed E-state index contributed by atoms with van der Waals surface area (Å²) in [6.07, 6.45) is 4.50. The molecule has 1 fully saturated rings. The summed E-state index contributed by atoms with van der Waals surface area (Å²) in [4.78, 5) is 13.2. The lowest BCUT2D eigenvalue weighted by molar-refractivity contribution is 0.0695. The molecule has 20 heavy (non-hydrogen) atoms. The van der Waals surface area contributed by atoms with Crippen LogP contribution in [0, 0.1) is 5.82 Å². The first-order chi connectivity index (χ1) is 9.56. The Balaban J connectivity index is 1.89. The van der Waals surface area contributed by atoms with Gasteiger partial charge in [-0.15, -0.1) is 0 Å². The van der Waals surface area contributed by atoms with Gasteiger partial charge in [-0.1, -0.05) is 6.42 Å². The number of rotatable bonds is 5. The summed E-state index contributed by atoms with van der Waals surface area (Å²) in [5.41, 5.74) is -0.0882. The monoisotopic (exact) mass is 281 g/mol. The van der Waals surface area contributed by atoms with E-state index in [-0.39, 0.29) is 11.3 Å². The molecule has 0 radical (unpaired) electrons. The number of hydrogen-bond donors (Lipinski definition) is 1. The van der Waals surface area contributed by atoms with Crippen molar-refractivity contribution in [2.24, 2.45) is 0 Å². The van der Waals surface area contributed by atoms with Gasteiger partial charge in [-0.05, 0) is 45.0 Å². The van der Waals surface area contributed by atoms with E-state index in [1.165, 1.54) is 25.0 Å². The molecule has 0 bridgehead atoms. The van der Waals surface area contributed by atoms with Gasteiger partial charge in [0.05, 0.1) is 12.2 Å². The molecule has 0 saturated carbocycles. The van der Waals surface area contributed by atoms with Crippen molar-refractivity contribution in [2.45, 2.75) is 31.7 Å². The van der Waals surface area contributed by atoms with Crippen molar-refractivity contribution < 1.29 is 19.0 Å². The average Bonchev–Trinajstić information content (AvgIpc) is 2.40. The van der Waals surface area contributed by atoms with Crippen molar-refractivity contribution >= 4 is 5.97 Å². The molecular formula is C15H20FNO3. The lowest BCUT2D eigenvalue weighted by Gasteiger charge is -2.32. The highest BCUT2D eigenvalue weighted by molar-refractivity contribution is 5.88. The van der Waals surface area contributed by atoms with Crippen LogP contribution in [0.2, 0.25) is 0 Å². The largest absolute Gasteiger partial charge is 0.493 e. The predicted molar refractivity (Wildman–Crippen MR) is 73.7 cm³/mol. The van der Waals surface area contributed by atoms with Crippen LogP contribution in [0.4, 0.5) is 4.39 Å². The van der Waals surface area contributed by atoms with E-state index in [0.717, 1.165) is 25.5 Å². The highest BCUT2D eigenvalue weighted by Crippen LogP contribution is 2.20. The lowest BCUT2D eigenvalue weighted by Crippen LogP contribution is -2.37. The molecule has 1 heterocycles. The van der Waals surface area contributed by atoms with Gasteiger partial charge in [0.1, 0.15) is 11.6 Å². The number of aromatic carboxylic acids is 1. The quantitative estimate of drug-likeness (QED) is 0.901. The summed E-state index contributed by atoms with van der Waals surface area (Å²) in [6.45, 7) is 1.57. The maximum atomic E-state index is 13.3. The van der Waals surface area contributed by atoms with Crippen LogP contribution >= 0.6 is 0 Å². The van der Waals surface area contributed by atoms with Crippen molar-refractivity contribution in [3.8, 4) is 5.75 Å². The van der Waals surface area contributed by atoms with Crippen molar-refractivity contribution in [3.05, 3.63) is 29.6 Å². The van der Waals surface area contributed by atoms with Gasteiger partial charge >= 0.3 is 5.97 Å². The Labute approximate surface area is 118 Å². The zero-order valence-corrected chi connectivity index (χ0v) is 11.6. The first kappa shape index (κ1) is 14.8. The molecule has 1 aliphatic heterocycles. The number of hydrogen-bond acceptors (Lipinski definition) is 3. The van der Waals surface area contributed by atoms with Crippen molar-refractivity contribution in [3.63, 3.8) is 0 Å². The number of halogens is 1. The minimum absolute atomic E-state index is 0.0882. The van der Waals surface area contributed by atoms with Crippen LogP contribution < -0.4 is 4.74 Å². The van der Waals surface area contributed by atoms with Crippen molar-refractivity contribution in [1.29, 1.82) is 0 Å². The molecular weight excluding hydrogens is 261 g/mol. The van der Waals surface area contributed by atoms with E-state index in [1.54, 1.807) is 0 Å². The molecule has 4 nitrogen and oxygen atoms in total. The number of carboxylic acids is 1. The Morgan fingerprint density at radius 3 is 2.95 bits per heavy atom. The summed E-state index contributed by atoms with van der Waals surface area (Å²) >= 11 is 0. The van der Waals surface area contributed by atoms with E-state index >= 15 is 0 Å². The topological polar surface area (TPSA) is 49.8 Å². The Hall–Kier alpha value is -1.62. The molecule has 0 spiro atoms. The van der Waals surface area contributed by atoms with Crippen molar-refractivity contribution in [1.82, 2.24) is 4.90 Å². The molecule has 1 aliphatic rings. The van der Waals surface area contributed by atoms with Crippen LogP contribution in [0.25, 0.3) is 0 Å². The lowest BCUT2D eigenvalue weighted by atomic mass is 10.0. The van der Waals surface area contributed by atoms with Crippen molar-refractivity contribution in [2.75, 3.05) is 20.2 Å². The van der Waals surface area contributed by atoms with Gasteiger partial charge < -0.3 is 14.7 Å². The van der Waals surface area contributed by atoms with Gasteiger partial charge in [-0.25, -0.2) is 9.18 Å². The van der Waals surface area contributed by atoms with E-state index in [9.17, 15) is 9.18 Å². The molecule has 1 aromatic rings. The normalized spacial score (nSPS) is 19.8. The van der Waals surface area contributed by atoms with Crippen LogP contribution in [-0.2, 0) is 0 Å². The summed E-state index contributed by atoms with van der Waals surface area (Å²) in [6, 6.07) is 4.06. The van der Waals surface area contributed by atoms with Gasteiger partial charge in [-0.3, -0.25) is 0 Å². The second-order valence-corrected chi connectivity index (χ2v) is 5.25. The van der Waals surface area contributed by atoms with Crippen LogP contribution in [0.15, 0.2) is 18.2 Å². The van der Waals surface area contributed by atoms with Gasteiger partial charge in [0.25, 0.3) is 0 Å². The fourth-order valence-electron chi connectivity index (χ4n) is 2.59.